The number of rotatable bonds is 4. The van der Waals surface area contributed by atoms with Crippen molar-refractivity contribution in [1.29, 1.82) is 0 Å². The van der Waals surface area contributed by atoms with Crippen molar-refractivity contribution >= 4 is 11.7 Å². The van der Waals surface area contributed by atoms with Crippen LogP contribution in [0.4, 0.5) is 0 Å². The van der Waals surface area contributed by atoms with Gasteiger partial charge in [-0.25, -0.2) is 4.98 Å². The second-order valence-corrected chi connectivity index (χ2v) is 5.38. The smallest absolute Gasteiger partial charge is 0.274 e. The Bertz CT molecular complexity index is 658. The lowest BCUT2D eigenvalue weighted by Gasteiger charge is -2.23. The number of carbonyl (C=O) groups excluding carboxylic acids is 2. The molecule has 2 heterocycles. The van der Waals surface area contributed by atoms with Crippen LogP contribution in [0.25, 0.3) is 0 Å². The van der Waals surface area contributed by atoms with Gasteiger partial charge in [0.05, 0.1) is 6.20 Å². The molecule has 0 spiro atoms. The van der Waals surface area contributed by atoms with Crippen molar-refractivity contribution < 1.29 is 9.59 Å². The van der Waals surface area contributed by atoms with Gasteiger partial charge in [0, 0.05) is 37.0 Å². The van der Waals surface area contributed by atoms with Gasteiger partial charge >= 0.3 is 0 Å². The summed E-state index contributed by atoms with van der Waals surface area (Å²) >= 11 is 0. The predicted octanol–water partition coefficient (Wildman–Crippen LogP) is 2.35. The Morgan fingerprint density at radius 1 is 1.18 bits per heavy atom. The number of nitrogens with zero attached hydrogens (tertiary/aromatic N) is 3. The van der Waals surface area contributed by atoms with E-state index in [1.54, 1.807) is 4.90 Å². The van der Waals surface area contributed by atoms with Crippen LogP contribution in [0, 0.1) is 0 Å². The third-order valence-corrected chi connectivity index (χ3v) is 3.94. The first kappa shape index (κ1) is 14.4. The van der Waals surface area contributed by atoms with Crippen LogP contribution in [0.15, 0.2) is 48.9 Å². The lowest BCUT2D eigenvalue weighted by Crippen LogP contribution is -2.37. The van der Waals surface area contributed by atoms with E-state index in [2.05, 4.69) is 9.97 Å². The van der Waals surface area contributed by atoms with E-state index in [1.807, 2.05) is 30.3 Å². The van der Waals surface area contributed by atoms with Crippen LogP contribution in [0.2, 0.25) is 0 Å². The van der Waals surface area contributed by atoms with Gasteiger partial charge in [0.1, 0.15) is 5.69 Å². The van der Waals surface area contributed by atoms with E-state index in [4.69, 9.17) is 0 Å². The van der Waals surface area contributed by atoms with Crippen molar-refractivity contribution in [1.82, 2.24) is 14.9 Å². The van der Waals surface area contributed by atoms with Gasteiger partial charge in [-0.3, -0.25) is 14.6 Å². The molecule has 1 amide bonds. The Morgan fingerprint density at radius 2 is 2.00 bits per heavy atom. The minimum absolute atomic E-state index is 0.0535. The molecule has 1 fully saturated rings. The van der Waals surface area contributed by atoms with E-state index in [1.165, 1.54) is 18.6 Å². The quantitative estimate of drug-likeness (QED) is 0.812. The molecule has 0 bridgehead atoms. The van der Waals surface area contributed by atoms with Gasteiger partial charge in [-0.1, -0.05) is 30.3 Å². The molecule has 5 heteroatoms. The molecule has 1 saturated heterocycles. The van der Waals surface area contributed by atoms with Crippen molar-refractivity contribution in [3.05, 3.63) is 60.2 Å². The van der Waals surface area contributed by atoms with Crippen molar-refractivity contribution in [2.45, 2.75) is 25.3 Å². The van der Waals surface area contributed by atoms with E-state index in [-0.39, 0.29) is 17.7 Å². The number of Topliss-reactive ketones (excluding diaryl/α,β-unsaturated/α-hetero) is 1. The number of benzene rings is 1. The number of aromatic nitrogens is 2. The molecule has 0 N–H and O–H groups in total. The maximum Gasteiger partial charge on any atom is 0.274 e. The fraction of sp³-hybridized carbons (Fsp3) is 0.294. The minimum Gasteiger partial charge on any atom is -0.334 e. The Labute approximate surface area is 129 Å². The second kappa shape index (κ2) is 6.47. The fourth-order valence-corrected chi connectivity index (χ4v) is 2.83. The topological polar surface area (TPSA) is 63.2 Å². The van der Waals surface area contributed by atoms with Crippen LogP contribution in [0.3, 0.4) is 0 Å². The van der Waals surface area contributed by atoms with Crippen molar-refractivity contribution in [2.75, 3.05) is 6.54 Å². The van der Waals surface area contributed by atoms with Crippen LogP contribution in [-0.4, -0.2) is 39.1 Å². The van der Waals surface area contributed by atoms with Crippen molar-refractivity contribution in [3.8, 4) is 0 Å². The average Bonchev–Trinajstić information content (AvgIpc) is 3.04. The molecule has 112 valence electrons. The zero-order chi connectivity index (χ0) is 15.4. The highest BCUT2D eigenvalue weighted by atomic mass is 16.2. The molecule has 0 radical (unpaired) electrons. The van der Waals surface area contributed by atoms with E-state index in [9.17, 15) is 9.59 Å². The maximum atomic E-state index is 12.5. The van der Waals surface area contributed by atoms with E-state index in [0.29, 0.717) is 24.2 Å². The summed E-state index contributed by atoms with van der Waals surface area (Å²) in [6.07, 6.45) is 6.64. The first-order valence-electron chi connectivity index (χ1n) is 7.41. The highest BCUT2D eigenvalue weighted by Crippen LogP contribution is 2.23. The zero-order valence-electron chi connectivity index (χ0n) is 12.2. The highest BCUT2D eigenvalue weighted by Gasteiger charge is 2.31. The van der Waals surface area contributed by atoms with E-state index in [0.717, 1.165) is 12.8 Å². The monoisotopic (exact) mass is 295 g/mol. The summed E-state index contributed by atoms with van der Waals surface area (Å²) in [5.74, 6) is -0.0686. The summed E-state index contributed by atoms with van der Waals surface area (Å²) in [7, 11) is 0. The molecule has 1 aromatic heterocycles. The Kier molecular flexibility index (Phi) is 4.23. The normalized spacial score (nSPS) is 17.5. The first-order valence-corrected chi connectivity index (χ1v) is 7.41. The lowest BCUT2D eigenvalue weighted by molar-refractivity contribution is 0.0711. The van der Waals surface area contributed by atoms with E-state index >= 15 is 0 Å². The predicted molar refractivity (Wildman–Crippen MR) is 81.5 cm³/mol. The van der Waals surface area contributed by atoms with Crippen LogP contribution < -0.4 is 0 Å². The number of ketones is 1. The van der Waals surface area contributed by atoms with Gasteiger partial charge in [0.2, 0.25) is 0 Å². The molecule has 1 atom stereocenters. The van der Waals surface area contributed by atoms with Gasteiger partial charge in [0.25, 0.3) is 5.91 Å². The standard InChI is InChI=1S/C17H17N3O2/c21-16(13-5-2-1-3-6-13)11-14-7-4-10-20(14)17(22)15-12-18-8-9-19-15/h1-3,5-6,8-9,12,14H,4,7,10-11H2. The SMILES string of the molecule is O=C(CC1CCCN1C(=O)c1cnccn1)c1ccccc1. The van der Waals surface area contributed by atoms with Crippen molar-refractivity contribution in [3.63, 3.8) is 0 Å². The lowest BCUT2D eigenvalue weighted by atomic mass is 10.0. The summed E-state index contributed by atoms with van der Waals surface area (Å²) in [4.78, 5) is 34.6. The molecule has 2 aromatic rings. The van der Waals surface area contributed by atoms with E-state index < -0.39 is 0 Å². The molecule has 5 nitrogen and oxygen atoms in total. The summed E-state index contributed by atoms with van der Waals surface area (Å²) < 4.78 is 0. The van der Waals surface area contributed by atoms with Crippen molar-refractivity contribution in [2.24, 2.45) is 0 Å². The molecule has 1 aliphatic rings. The number of likely N-dealkylation sites (tertiary alicyclic amines) is 1. The molecule has 1 unspecified atom stereocenters. The molecule has 3 rings (SSSR count). The molecule has 1 aliphatic heterocycles. The number of hydrogen-bond acceptors (Lipinski definition) is 4. The Balaban J connectivity index is 1.71. The molecular formula is C17H17N3O2. The number of carbonyl (C=O) groups is 2. The molecule has 22 heavy (non-hydrogen) atoms. The molecule has 0 aliphatic carbocycles. The summed E-state index contributed by atoms with van der Waals surface area (Å²) in [5.41, 5.74) is 1.03. The third kappa shape index (κ3) is 3.03. The van der Waals surface area contributed by atoms with Gasteiger partial charge in [0.15, 0.2) is 5.78 Å². The average molecular weight is 295 g/mol. The minimum atomic E-state index is -0.142. The summed E-state index contributed by atoms with van der Waals surface area (Å²) in [6, 6.07) is 9.16. The maximum absolute atomic E-state index is 12.5. The fourth-order valence-electron chi connectivity index (χ4n) is 2.83. The van der Waals surface area contributed by atoms with Gasteiger partial charge in [-0.2, -0.15) is 0 Å². The molecule has 1 aromatic carbocycles. The largest absolute Gasteiger partial charge is 0.334 e. The van der Waals surface area contributed by atoms with Crippen LogP contribution >= 0.6 is 0 Å². The third-order valence-electron chi connectivity index (χ3n) is 3.94. The molecular weight excluding hydrogens is 278 g/mol. The Hall–Kier alpha value is -2.56. The highest BCUT2D eigenvalue weighted by molar-refractivity contribution is 5.97. The van der Waals surface area contributed by atoms with Crippen LogP contribution in [-0.2, 0) is 0 Å². The molecule has 0 saturated carbocycles. The summed E-state index contributed by atoms with van der Waals surface area (Å²) in [5, 5.41) is 0. The van der Waals surface area contributed by atoms with Crippen LogP contribution in [0.1, 0.15) is 40.1 Å². The van der Waals surface area contributed by atoms with Gasteiger partial charge < -0.3 is 4.90 Å². The number of amides is 1. The Morgan fingerprint density at radius 3 is 2.73 bits per heavy atom. The van der Waals surface area contributed by atoms with Crippen LogP contribution in [0.5, 0.6) is 0 Å². The van der Waals surface area contributed by atoms with Gasteiger partial charge in [-0.15, -0.1) is 0 Å². The second-order valence-electron chi connectivity index (χ2n) is 5.38. The summed E-state index contributed by atoms with van der Waals surface area (Å²) in [6.45, 7) is 0.669. The first-order chi connectivity index (χ1) is 10.8. The van der Waals surface area contributed by atoms with Gasteiger partial charge in [-0.05, 0) is 12.8 Å². The zero-order valence-corrected chi connectivity index (χ0v) is 12.2. The number of hydrogen-bond donors (Lipinski definition) is 0.